The van der Waals surface area contributed by atoms with Crippen molar-refractivity contribution in [2.75, 3.05) is 6.61 Å². The molecule has 0 spiro atoms. The fraction of sp³-hybridized carbons (Fsp3) is 0.571. The summed E-state index contributed by atoms with van der Waals surface area (Å²) >= 11 is 0. The maximum Gasteiger partial charge on any atom is 1.00 e. The van der Waals surface area contributed by atoms with E-state index < -0.39 is 20.2 Å². The van der Waals surface area contributed by atoms with E-state index in [0.717, 1.165) is 25.0 Å². The SMILES string of the molecule is CCCCCCCCCCCCCCCCOS(=O)(=O)c1ccc(Oc2ccc(S(=O)(=O)[O-])cc2)cc1.[Na+]. The van der Waals surface area contributed by atoms with Crippen LogP contribution >= 0.6 is 0 Å². The van der Waals surface area contributed by atoms with Crippen LogP contribution in [0.1, 0.15) is 96.8 Å². The topological polar surface area (TPSA) is 110 Å². The van der Waals surface area contributed by atoms with Crippen LogP contribution in [0, 0.1) is 0 Å². The van der Waals surface area contributed by atoms with Crippen molar-refractivity contribution >= 4 is 20.2 Å². The van der Waals surface area contributed by atoms with Crippen LogP contribution in [0.25, 0.3) is 0 Å². The summed E-state index contributed by atoms with van der Waals surface area (Å²) in [5.41, 5.74) is 0. The van der Waals surface area contributed by atoms with Crippen molar-refractivity contribution in [3.63, 3.8) is 0 Å². The van der Waals surface area contributed by atoms with E-state index in [1.54, 1.807) is 0 Å². The second kappa shape index (κ2) is 19.2. The number of unbranched alkanes of at least 4 members (excludes halogenated alkanes) is 13. The molecule has 208 valence electrons. The Bertz CT molecular complexity index is 1100. The molecule has 2 aromatic carbocycles. The molecular formula is C28H41NaO7S2. The smallest absolute Gasteiger partial charge is 0.744 e. The molecule has 0 saturated carbocycles. The fourth-order valence-corrected chi connectivity index (χ4v) is 5.43. The van der Waals surface area contributed by atoms with Crippen molar-refractivity contribution in [3.8, 4) is 11.5 Å². The van der Waals surface area contributed by atoms with Gasteiger partial charge in [-0.2, -0.15) is 8.42 Å². The van der Waals surface area contributed by atoms with Gasteiger partial charge in [0.25, 0.3) is 10.1 Å². The minimum Gasteiger partial charge on any atom is -0.744 e. The number of hydrogen-bond donors (Lipinski definition) is 0. The first-order valence-corrected chi connectivity index (χ1v) is 16.3. The van der Waals surface area contributed by atoms with Crippen LogP contribution in [-0.2, 0) is 24.4 Å². The zero-order valence-electron chi connectivity index (χ0n) is 22.9. The molecule has 10 heteroatoms. The average molecular weight is 577 g/mol. The van der Waals surface area contributed by atoms with Gasteiger partial charge < -0.3 is 9.29 Å². The predicted octanol–water partition coefficient (Wildman–Crippen LogP) is 4.57. The molecular weight excluding hydrogens is 535 g/mol. The summed E-state index contributed by atoms with van der Waals surface area (Å²) < 4.78 is 68.6. The van der Waals surface area contributed by atoms with Crippen LogP contribution in [0.15, 0.2) is 58.3 Å². The molecule has 38 heavy (non-hydrogen) atoms. The van der Waals surface area contributed by atoms with Gasteiger partial charge in [0.2, 0.25) is 0 Å². The normalized spacial score (nSPS) is 11.7. The molecule has 0 aliphatic rings. The van der Waals surface area contributed by atoms with Crippen molar-refractivity contribution in [2.45, 2.75) is 107 Å². The van der Waals surface area contributed by atoms with Crippen LogP contribution in [0.5, 0.6) is 11.5 Å². The van der Waals surface area contributed by atoms with Crippen molar-refractivity contribution in [2.24, 2.45) is 0 Å². The van der Waals surface area contributed by atoms with Gasteiger partial charge in [-0.3, -0.25) is 4.18 Å². The van der Waals surface area contributed by atoms with E-state index in [1.165, 1.54) is 107 Å². The summed E-state index contributed by atoms with van der Waals surface area (Å²) in [4.78, 5) is -0.310. The Hall–Kier alpha value is -0.940. The zero-order valence-corrected chi connectivity index (χ0v) is 26.5. The third kappa shape index (κ3) is 14.4. The molecule has 0 aliphatic carbocycles. The maximum atomic E-state index is 12.4. The van der Waals surface area contributed by atoms with Crippen molar-refractivity contribution in [3.05, 3.63) is 48.5 Å². The van der Waals surface area contributed by atoms with Gasteiger partial charge in [-0.25, -0.2) is 8.42 Å². The van der Waals surface area contributed by atoms with Crippen LogP contribution in [-0.4, -0.2) is 28.0 Å². The molecule has 0 aliphatic heterocycles. The first kappa shape index (κ1) is 35.1. The molecule has 0 saturated heterocycles. The van der Waals surface area contributed by atoms with Crippen LogP contribution in [0.3, 0.4) is 0 Å². The summed E-state index contributed by atoms with van der Waals surface area (Å²) in [5, 5.41) is 0. The minimum atomic E-state index is -4.52. The quantitative estimate of drug-likeness (QED) is 0.0983. The van der Waals surface area contributed by atoms with Gasteiger partial charge in [-0.05, 0) is 55.0 Å². The van der Waals surface area contributed by atoms with E-state index in [4.69, 9.17) is 8.92 Å². The molecule has 0 radical (unpaired) electrons. The molecule has 2 aromatic rings. The predicted molar refractivity (Wildman–Crippen MR) is 144 cm³/mol. The summed E-state index contributed by atoms with van der Waals surface area (Å²) in [6.07, 6.45) is 17.3. The van der Waals surface area contributed by atoms with E-state index in [9.17, 15) is 21.4 Å². The Labute approximate surface area is 251 Å². The largest absolute Gasteiger partial charge is 1.00 e. The molecule has 0 atom stereocenters. The first-order valence-electron chi connectivity index (χ1n) is 13.5. The van der Waals surface area contributed by atoms with Gasteiger partial charge in [0.1, 0.15) is 21.6 Å². The van der Waals surface area contributed by atoms with E-state index >= 15 is 0 Å². The molecule has 0 fully saturated rings. The Kier molecular flexibility index (Phi) is 17.7. The van der Waals surface area contributed by atoms with Gasteiger partial charge in [0.05, 0.1) is 16.4 Å². The average Bonchev–Trinajstić information content (AvgIpc) is 2.86. The molecule has 2 rings (SSSR count). The second-order valence-corrected chi connectivity index (χ2v) is 12.4. The molecule has 0 N–H and O–H groups in total. The van der Waals surface area contributed by atoms with E-state index in [1.807, 2.05) is 0 Å². The first-order chi connectivity index (χ1) is 17.7. The Morgan fingerprint density at radius 1 is 0.579 bits per heavy atom. The van der Waals surface area contributed by atoms with Gasteiger partial charge in [-0.15, -0.1) is 0 Å². The van der Waals surface area contributed by atoms with Crippen molar-refractivity contribution in [1.82, 2.24) is 0 Å². The van der Waals surface area contributed by atoms with Crippen LogP contribution in [0.4, 0.5) is 0 Å². The van der Waals surface area contributed by atoms with E-state index in [-0.39, 0.29) is 46.0 Å². The van der Waals surface area contributed by atoms with Gasteiger partial charge in [0.15, 0.2) is 0 Å². The number of hydrogen-bond acceptors (Lipinski definition) is 7. The molecule has 0 heterocycles. The Morgan fingerprint density at radius 3 is 1.34 bits per heavy atom. The minimum absolute atomic E-state index is 0. The summed E-state index contributed by atoms with van der Waals surface area (Å²) in [6.45, 7) is 2.41. The fourth-order valence-electron chi connectivity index (χ4n) is 4.02. The summed E-state index contributed by atoms with van der Waals surface area (Å²) in [7, 11) is -8.37. The molecule has 0 amide bonds. The Balaban J connectivity index is 0.00000722. The van der Waals surface area contributed by atoms with Gasteiger partial charge >= 0.3 is 29.6 Å². The van der Waals surface area contributed by atoms with Crippen molar-refractivity contribution in [1.29, 1.82) is 0 Å². The summed E-state index contributed by atoms with van der Waals surface area (Å²) in [6, 6.07) is 10.8. The second-order valence-electron chi connectivity index (χ2n) is 9.37. The summed E-state index contributed by atoms with van der Waals surface area (Å²) in [5.74, 6) is 0.681. The molecule has 7 nitrogen and oxygen atoms in total. The molecule has 0 aromatic heterocycles. The van der Waals surface area contributed by atoms with Crippen LogP contribution in [0.2, 0.25) is 0 Å². The van der Waals surface area contributed by atoms with Gasteiger partial charge in [0, 0.05) is 0 Å². The number of rotatable bonds is 20. The zero-order chi connectivity index (χ0) is 27.0. The molecule has 0 bridgehead atoms. The number of benzene rings is 2. The number of ether oxygens (including phenoxy) is 1. The monoisotopic (exact) mass is 576 g/mol. The van der Waals surface area contributed by atoms with Crippen molar-refractivity contribution < 1.29 is 59.9 Å². The van der Waals surface area contributed by atoms with Crippen LogP contribution < -0.4 is 34.3 Å². The molecule has 0 unspecified atom stereocenters. The van der Waals surface area contributed by atoms with Gasteiger partial charge in [-0.1, -0.05) is 90.4 Å². The Morgan fingerprint density at radius 2 is 0.947 bits per heavy atom. The standard InChI is InChI=1S/C28H42O7S2.Na/c1-2-3-4-5-6-7-8-9-10-11-12-13-14-15-24-34-37(32,33)28-22-18-26(19-23-28)35-25-16-20-27(21-17-25)36(29,30)31;/h16-23H,2-15,24H2,1H3,(H,29,30,31);/q;+1/p-1. The third-order valence-electron chi connectivity index (χ3n) is 6.20. The van der Waals surface area contributed by atoms with E-state index in [2.05, 4.69) is 6.92 Å². The van der Waals surface area contributed by atoms with E-state index in [0.29, 0.717) is 17.9 Å². The third-order valence-corrected chi connectivity index (χ3v) is 8.37. The maximum absolute atomic E-state index is 12.4.